The van der Waals surface area contributed by atoms with Crippen molar-refractivity contribution < 1.29 is 13.2 Å². The highest BCUT2D eigenvalue weighted by Gasteiger charge is 2.32. The van der Waals surface area contributed by atoms with Crippen molar-refractivity contribution >= 4 is 0 Å². The number of furan rings is 1. The second-order valence-corrected chi connectivity index (χ2v) is 4.30. The van der Waals surface area contributed by atoms with E-state index in [-0.39, 0.29) is 12.0 Å². The third kappa shape index (κ3) is 2.12. The first-order valence-corrected chi connectivity index (χ1v) is 5.45. The highest BCUT2D eigenvalue weighted by Crippen LogP contribution is 2.30. The molecule has 2 nitrogen and oxygen atoms in total. The lowest BCUT2D eigenvalue weighted by atomic mass is 9.80. The quantitative estimate of drug-likeness (QED) is 0.831. The van der Waals surface area contributed by atoms with Crippen molar-refractivity contribution in [3.8, 4) is 6.07 Å². The molecule has 1 aromatic heterocycles. The Hall–Kier alpha value is -2.15. The minimum atomic E-state index is -1.16. The molecule has 0 aliphatic carbocycles. The molecule has 1 aromatic carbocycles. The fourth-order valence-electron chi connectivity index (χ4n) is 1.89. The molecule has 0 saturated carbocycles. The maximum atomic E-state index is 13.8. The van der Waals surface area contributed by atoms with E-state index in [1.165, 1.54) is 18.4 Å². The van der Waals surface area contributed by atoms with Crippen LogP contribution in [0.5, 0.6) is 0 Å². The summed E-state index contributed by atoms with van der Waals surface area (Å²) in [6.45, 7) is 1.56. The van der Waals surface area contributed by atoms with Gasteiger partial charge in [-0.3, -0.25) is 0 Å². The van der Waals surface area contributed by atoms with Crippen molar-refractivity contribution in [2.75, 3.05) is 0 Å². The number of nitrogens with zero attached hydrogens (tertiary/aromatic N) is 1. The van der Waals surface area contributed by atoms with Crippen LogP contribution in [0.2, 0.25) is 0 Å². The standard InChI is InChI=1S/C14H11F2NO/c1-14(9-17,8-10-4-3-7-18-10)11-5-2-6-12(15)13(11)16/h2-7H,8H2,1H3. The van der Waals surface area contributed by atoms with Gasteiger partial charge in [-0.05, 0) is 25.1 Å². The summed E-state index contributed by atoms with van der Waals surface area (Å²) < 4.78 is 32.1. The van der Waals surface area contributed by atoms with Crippen LogP contribution < -0.4 is 0 Å². The number of halogens is 2. The number of hydrogen-bond donors (Lipinski definition) is 0. The molecule has 92 valence electrons. The average molecular weight is 247 g/mol. The van der Waals surface area contributed by atoms with Crippen LogP contribution in [0.15, 0.2) is 41.0 Å². The fourth-order valence-corrected chi connectivity index (χ4v) is 1.89. The van der Waals surface area contributed by atoms with Crippen molar-refractivity contribution in [3.63, 3.8) is 0 Å². The molecule has 0 aliphatic heterocycles. The molecule has 0 spiro atoms. The van der Waals surface area contributed by atoms with Crippen molar-refractivity contribution in [1.82, 2.24) is 0 Å². The maximum absolute atomic E-state index is 13.8. The predicted octanol–water partition coefficient (Wildman–Crippen LogP) is 3.58. The Kier molecular flexibility index (Phi) is 3.15. The van der Waals surface area contributed by atoms with Gasteiger partial charge >= 0.3 is 0 Å². The molecular formula is C14H11F2NO. The summed E-state index contributed by atoms with van der Waals surface area (Å²) in [5.41, 5.74) is -1.12. The number of nitriles is 1. The van der Waals surface area contributed by atoms with E-state index in [1.54, 1.807) is 19.1 Å². The zero-order valence-corrected chi connectivity index (χ0v) is 9.78. The Morgan fingerprint density at radius 1 is 1.28 bits per heavy atom. The lowest BCUT2D eigenvalue weighted by molar-refractivity contribution is 0.436. The minimum Gasteiger partial charge on any atom is -0.469 e. The third-order valence-corrected chi connectivity index (χ3v) is 2.90. The van der Waals surface area contributed by atoms with Gasteiger partial charge in [0.2, 0.25) is 0 Å². The zero-order chi connectivity index (χ0) is 13.2. The number of hydrogen-bond acceptors (Lipinski definition) is 2. The molecule has 2 rings (SSSR count). The van der Waals surface area contributed by atoms with Gasteiger partial charge in [-0.2, -0.15) is 5.26 Å². The molecule has 0 N–H and O–H groups in total. The Balaban J connectivity index is 2.44. The van der Waals surface area contributed by atoms with E-state index in [2.05, 4.69) is 0 Å². The molecule has 1 heterocycles. The highest BCUT2D eigenvalue weighted by molar-refractivity contribution is 5.34. The first kappa shape index (κ1) is 12.3. The molecule has 18 heavy (non-hydrogen) atoms. The van der Waals surface area contributed by atoms with Crippen molar-refractivity contribution in [1.29, 1.82) is 5.26 Å². The summed E-state index contributed by atoms with van der Waals surface area (Å²) in [4.78, 5) is 0. The van der Waals surface area contributed by atoms with Crippen LogP contribution in [-0.4, -0.2) is 0 Å². The van der Waals surface area contributed by atoms with Gasteiger partial charge in [0.15, 0.2) is 11.6 Å². The van der Waals surface area contributed by atoms with E-state index in [4.69, 9.17) is 4.42 Å². The van der Waals surface area contributed by atoms with Crippen LogP contribution >= 0.6 is 0 Å². The molecular weight excluding hydrogens is 236 g/mol. The Morgan fingerprint density at radius 2 is 2.06 bits per heavy atom. The van der Waals surface area contributed by atoms with E-state index in [0.29, 0.717) is 5.76 Å². The van der Waals surface area contributed by atoms with E-state index >= 15 is 0 Å². The molecule has 1 atom stereocenters. The molecule has 0 amide bonds. The number of rotatable bonds is 3. The summed E-state index contributed by atoms with van der Waals surface area (Å²) in [5, 5.41) is 9.27. The second kappa shape index (κ2) is 4.61. The second-order valence-electron chi connectivity index (χ2n) is 4.30. The first-order chi connectivity index (χ1) is 8.57. The van der Waals surface area contributed by atoms with Crippen LogP contribution in [0, 0.1) is 23.0 Å². The van der Waals surface area contributed by atoms with Crippen LogP contribution in [0.4, 0.5) is 8.78 Å². The summed E-state index contributed by atoms with van der Waals surface area (Å²) in [7, 11) is 0. The lowest BCUT2D eigenvalue weighted by Crippen LogP contribution is -2.24. The molecule has 0 radical (unpaired) electrons. The molecule has 1 unspecified atom stereocenters. The first-order valence-electron chi connectivity index (χ1n) is 5.45. The monoisotopic (exact) mass is 247 g/mol. The zero-order valence-electron chi connectivity index (χ0n) is 9.78. The summed E-state index contributed by atoms with van der Waals surface area (Å²) in [6.07, 6.45) is 1.67. The third-order valence-electron chi connectivity index (χ3n) is 2.90. The van der Waals surface area contributed by atoms with E-state index in [0.717, 1.165) is 6.07 Å². The normalized spacial score (nSPS) is 13.9. The van der Waals surface area contributed by atoms with Crippen LogP contribution in [0.1, 0.15) is 18.2 Å². The lowest BCUT2D eigenvalue weighted by Gasteiger charge is -2.21. The van der Waals surface area contributed by atoms with Crippen molar-refractivity contribution in [2.24, 2.45) is 0 Å². The topological polar surface area (TPSA) is 36.9 Å². The SMILES string of the molecule is CC(C#N)(Cc1ccco1)c1cccc(F)c1F. The summed E-state index contributed by atoms with van der Waals surface area (Å²) in [6, 6.07) is 9.27. The highest BCUT2D eigenvalue weighted by atomic mass is 19.2. The van der Waals surface area contributed by atoms with Gasteiger partial charge in [0.1, 0.15) is 5.76 Å². The predicted molar refractivity (Wildman–Crippen MR) is 61.7 cm³/mol. The van der Waals surface area contributed by atoms with Gasteiger partial charge in [-0.25, -0.2) is 8.78 Å². The molecule has 0 fully saturated rings. The molecule has 0 bridgehead atoms. The maximum Gasteiger partial charge on any atom is 0.163 e. The molecule has 2 aromatic rings. The van der Waals surface area contributed by atoms with E-state index in [1.807, 2.05) is 6.07 Å². The van der Waals surface area contributed by atoms with Crippen molar-refractivity contribution in [2.45, 2.75) is 18.8 Å². The van der Waals surface area contributed by atoms with Gasteiger partial charge in [0.25, 0.3) is 0 Å². The molecule has 0 aliphatic rings. The number of benzene rings is 1. The van der Waals surface area contributed by atoms with Gasteiger partial charge in [0.05, 0.1) is 17.7 Å². The van der Waals surface area contributed by atoms with Crippen LogP contribution in [-0.2, 0) is 11.8 Å². The van der Waals surface area contributed by atoms with Crippen LogP contribution in [0.25, 0.3) is 0 Å². The Labute approximate surface area is 103 Å². The van der Waals surface area contributed by atoms with E-state index in [9.17, 15) is 14.0 Å². The average Bonchev–Trinajstić information content (AvgIpc) is 2.85. The largest absolute Gasteiger partial charge is 0.469 e. The van der Waals surface area contributed by atoms with E-state index < -0.39 is 17.0 Å². The van der Waals surface area contributed by atoms with Gasteiger partial charge in [-0.15, -0.1) is 0 Å². The van der Waals surface area contributed by atoms with Gasteiger partial charge < -0.3 is 4.42 Å². The fraction of sp³-hybridized carbons (Fsp3) is 0.214. The van der Waals surface area contributed by atoms with Crippen molar-refractivity contribution in [3.05, 3.63) is 59.6 Å². The van der Waals surface area contributed by atoms with Gasteiger partial charge in [0, 0.05) is 12.0 Å². The smallest absolute Gasteiger partial charge is 0.163 e. The van der Waals surface area contributed by atoms with Crippen LogP contribution in [0.3, 0.4) is 0 Å². The summed E-state index contributed by atoms with van der Waals surface area (Å²) in [5.74, 6) is -1.37. The minimum absolute atomic E-state index is 0.0430. The summed E-state index contributed by atoms with van der Waals surface area (Å²) >= 11 is 0. The molecule has 0 saturated heterocycles. The molecule has 4 heteroatoms. The Morgan fingerprint density at radius 3 is 2.67 bits per heavy atom. The Bertz CT molecular complexity index is 586. The van der Waals surface area contributed by atoms with Gasteiger partial charge in [-0.1, -0.05) is 12.1 Å².